The molecule has 2 aromatic carbocycles. The summed E-state index contributed by atoms with van der Waals surface area (Å²) in [5.74, 6) is 0.780. The molecule has 0 spiro atoms. The van der Waals surface area contributed by atoms with Crippen molar-refractivity contribution in [2.24, 2.45) is 0 Å². The molecule has 0 bridgehead atoms. The van der Waals surface area contributed by atoms with E-state index in [-0.39, 0.29) is 24.1 Å². The van der Waals surface area contributed by atoms with E-state index in [1.54, 1.807) is 25.1 Å². The minimum atomic E-state index is -0.569. The Morgan fingerprint density at radius 3 is 2.74 bits per heavy atom. The van der Waals surface area contributed by atoms with Gasteiger partial charge >= 0.3 is 0 Å². The Bertz CT molecular complexity index is 775. The smallest absolute Gasteiger partial charge is 0.282 e. The predicted molar refractivity (Wildman–Crippen MR) is 81.5 cm³/mol. The minimum absolute atomic E-state index is 0.0325. The molecule has 0 fully saturated rings. The third kappa shape index (κ3) is 2.94. The van der Waals surface area contributed by atoms with Gasteiger partial charge in [-0.3, -0.25) is 14.9 Å². The first-order valence-corrected chi connectivity index (χ1v) is 7.00. The summed E-state index contributed by atoms with van der Waals surface area (Å²) in [7, 11) is 0. The Morgan fingerprint density at radius 1 is 1.22 bits per heavy atom. The molecule has 1 N–H and O–H groups in total. The molecule has 3 rings (SSSR count). The number of hydrogen-bond acceptors (Lipinski definition) is 5. The summed E-state index contributed by atoms with van der Waals surface area (Å²) in [6, 6.07) is 10.9. The first-order valence-electron chi connectivity index (χ1n) is 7.00. The largest absolute Gasteiger partial charge is 0.454 e. The van der Waals surface area contributed by atoms with Gasteiger partial charge in [0.25, 0.3) is 11.6 Å². The zero-order valence-corrected chi connectivity index (χ0v) is 12.3. The highest BCUT2D eigenvalue weighted by atomic mass is 16.7. The molecule has 0 aliphatic carbocycles. The molecule has 118 valence electrons. The Hall–Kier alpha value is -3.09. The van der Waals surface area contributed by atoms with E-state index in [0.717, 1.165) is 5.56 Å². The van der Waals surface area contributed by atoms with Crippen molar-refractivity contribution in [2.45, 2.75) is 13.0 Å². The minimum Gasteiger partial charge on any atom is -0.454 e. The van der Waals surface area contributed by atoms with Crippen molar-refractivity contribution in [3.05, 3.63) is 63.7 Å². The lowest BCUT2D eigenvalue weighted by Gasteiger charge is -2.15. The highest BCUT2D eigenvalue weighted by Crippen LogP contribution is 2.34. The number of carbonyl (C=O) groups is 1. The molecule has 1 amide bonds. The molecular weight excluding hydrogens is 300 g/mol. The van der Waals surface area contributed by atoms with Crippen LogP contribution in [0, 0.1) is 10.1 Å². The molecule has 0 saturated heterocycles. The van der Waals surface area contributed by atoms with Gasteiger partial charge in [0, 0.05) is 6.07 Å². The van der Waals surface area contributed by atoms with Gasteiger partial charge in [0.2, 0.25) is 6.79 Å². The maximum atomic E-state index is 12.3. The standard InChI is InChI=1S/C16H14N2O5/c1-10(11-6-7-14-15(8-11)23-9-22-14)17-16(19)12-4-2-3-5-13(12)18(20)21/h2-8,10H,9H2,1H3,(H,17,19)/t10-/m1/s1. The van der Waals surface area contributed by atoms with Crippen LogP contribution in [0.2, 0.25) is 0 Å². The van der Waals surface area contributed by atoms with Crippen LogP contribution in [0.25, 0.3) is 0 Å². The van der Waals surface area contributed by atoms with Crippen molar-refractivity contribution < 1.29 is 19.2 Å². The number of hydrogen-bond donors (Lipinski definition) is 1. The third-order valence-corrected chi connectivity index (χ3v) is 3.59. The fraction of sp³-hybridized carbons (Fsp3) is 0.188. The topological polar surface area (TPSA) is 90.7 Å². The number of para-hydroxylation sites is 1. The molecule has 23 heavy (non-hydrogen) atoms. The Labute approximate surface area is 132 Å². The molecule has 0 unspecified atom stereocenters. The van der Waals surface area contributed by atoms with Crippen LogP contribution in [0.5, 0.6) is 11.5 Å². The molecule has 1 atom stereocenters. The zero-order valence-electron chi connectivity index (χ0n) is 12.3. The maximum absolute atomic E-state index is 12.3. The lowest BCUT2D eigenvalue weighted by molar-refractivity contribution is -0.385. The van der Waals surface area contributed by atoms with Crippen LogP contribution in [-0.4, -0.2) is 17.6 Å². The van der Waals surface area contributed by atoms with Crippen LogP contribution in [-0.2, 0) is 0 Å². The van der Waals surface area contributed by atoms with E-state index >= 15 is 0 Å². The summed E-state index contributed by atoms with van der Waals surface area (Å²) in [6.45, 7) is 1.97. The predicted octanol–water partition coefficient (Wildman–Crippen LogP) is 2.81. The van der Waals surface area contributed by atoms with Crippen molar-refractivity contribution in [1.82, 2.24) is 5.32 Å². The Morgan fingerprint density at radius 2 is 1.96 bits per heavy atom. The average molecular weight is 314 g/mol. The quantitative estimate of drug-likeness (QED) is 0.692. The lowest BCUT2D eigenvalue weighted by atomic mass is 10.1. The average Bonchev–Trinajstić information content (AvgIpc) is 3.02. The van der Waals surface area contributed by atoms with Crippen molar-refractivity contribution in [3.8, 4) is 11.5 Å². The van der Waals surface area contributed by atoms with Gasteiger partial charge in [-0.1, -0.05) is 18.2 Å². The van der Waals surface area contributed by atoms with Gasteiger partial charge in [-0.15, -0.1) is 0 Å². The van der Waals surface area contributed by atoms with E-state index in [1.165, 1.54) is 18.2 Å². The van der Waals surface area contributed by atoms with E-state index in [4.69, 9.17) is 9.47 Å². The Balaban J connectivity index is 1.79. The van der Waals surface area contributed by atoms with Crippen LogP contribution < -0.4 is 14.8 Å². The molecule has 0 saturated carbocycles. The van der Waals surface area contributed by atoms with E-state index < -0.39 is 10.8 Å². The molecule has 7 heteroatoms. The molecule has 0 radical (unpaired) electrons. The van der Waals surface area contributed by atoms with E-state index in [1.807, 2.05) is 6.07 Å². The van der Waals surface area contributed by atoms with Crippen molar-refractivity contribution in [1.29, 1.82) is 0 Å². The number of nitro benzene ring substituents is 1. The molecule has 0 aromatic heterocycles. The first kappa shape index (κ1) is 14.8. The van der Waals surface area contributed by atoms with Crippen LogP contribution in [0.3, 0.4) is 0 Å². The molecule has 1 heterocycles. The van der Waals surface area contributed by atoms with Gasteiger partial charge < -0.3 is 14.8 Å². The monoisotopic (exact) mass is 314 g/mol. The van der Waals surface area contributed by atoms with E-state index in [0.29, 0.717) is 11.5 Å². The number of carbonyl (C=O) groups excluding carboxylic acids is 1. The normalized spacial score (nSPS) is 13.4. The van der Waals surface area contributed by atoms with Gasteiger partial charge in [0.05, 0.1) is 11.0 Å². The third-order valence-electron chi connectivity index (χ3n) is 3.59. The summed E-state index contributed by atoms with van der Waals surface area (Å²) >= 11 is 0. The second kappa shape index (κ2) is 5.96. The van der Waals surface area contributed by atoms with Gasteiger partial charge in [-0.2, -0.15) is 0 Å². The lowest BCUT2D eigenvalue weighted by Crippen LogP contribution is -2.27. The number of nitro groups is 1. The Kier molecular flexibility index (Phi) is 3.84. The summed E-state index contributed by atoms with van der Waals surface area (Å²) < 4.78 is 10.5. The highest BCUT2D eigenvalue weighted by Gasteiger charge is 2.22. The van der Waals surface area contributed by atoms with Crippen LogP contribution in [0.15, 0.2) is 42.5 Å². The van der Waals surface area contributed by atoms with Crippen LogP contribution in [0.4, 0.5) is 5.69 Å². The number of nitrogens with one attached hydrogen (secondary N) is 1. The fourth-order valence-corrected chi connectivity index (χ4v) is 2.37. The first-order chi connectivity index (χ1) is 11.1. The van der Waals surface area contributed by atoms with Crippen LogP contribution >= 0.6 is 0 Å². The number of ether oxygens (including phenoxy) is 2. The van der Waals surface area contributed by atoms with Crippen LogP contribution in [0.1, 0.15) is 28.9 Å². The van der Waals surface area contributed by atoms with Crippen molar-refractivity contribution >= 4 is 11.6 Å². The van der Waals surface area contributed by atoms with Gasteiger partial charge in [0.15, 0.2) is 11.5 Å². The number of benzene rings is 2. The van der Waals surface area contributed by atoms with E-state index in [2.05, 4.69) is 5.32 Å². The number of fused-ring (bicyclic) bond motifs is 1. The van der Waals surface area contributed by atoms with Gasteiger partial charge in [0.1, 0.15) is 5.56 Å². The summed E-state index contributed by atoms with van der Waals surface area (Å²) in [6.07, 6.45) is 0. The molecule has 2 aromatic rings. The number of nitrogens with zero attached hydrogens (tertiary/aromatic N) is 1. The summed E-state index contributed by atoms with van der Waals surface area (Å²) in [5, 5.41) is 13.8. The second-order valence-corrected chi connectivity index (χ2v) is 5.08. The SMILES string of the molecule is C[C@@H](NC(=O)c1ccccc1[N+](=O)[O-])c1ccc2c(c1)OCO2. The number of amides is 1. The molecule has 1 aliphatic heterocycles. The second-order valence-electron chi connectivity index (χ2n) is 5.08. The van der Waals surface area contributed by atoms with E-state index in [9.17, 15) is 14.9 Å². The molecular formula is C16H14N2O5. The fourth-order valence-electron chi connectivity index (χ4n) is 2.37. The highest BCUT2D eigenvalue weighted by molar-refractivity contribution is 5.98. The molecule has 7 nitrogen and oxygen atoms in total. The summed E-state index contributed by atoms with van der Waals surface area (Å²) in [4.78, 5) is 22.8. The maximum Gasteiger partial charge on any atom is 0.282 e. The number of rotatable bonds is 4. The molecule has 1 aliphatic rings. The van der Waals surface area contributed by atoms with Crippen molar-refractivity contribution in [3.63, 3.8) is 0 Å². The van der Waals surface area contributed by atoms with Gasteiger partial charge in [-0.25, -0.2) is 0 Å². The zero-order chi connectivity index (χ0) is 16.4. The van der Waals surface area contributed by atoms with Crippen molar-refractivity contribution in [2.75, 3.05) is 6.79 Å². The summed E-state index contributed by atoms with van der Waals surface area (Å²) in [5.41, 5.74) is 0.633. The van der Waals surface area contributed by atoms with Gasteiger partial charge in [-0.05, 0) is 30.7 Å².